The monoisotopic (exact) mass is 477 g/mol. The zero-order valence-corrected chi connectivity index (χ0v) is 20.1. The Kier molecular flexibility index (Phi) is 8.61. The first-order chi connectivity index (χ1) is 17.2. The van der Waals surface area contributed by atoms with Gasteiger partial charge >= 0.3 is 0 Å². The molecule has 0 unspecified atom stereocenters. The summed E-state index contributed by atoms with van der Waals surface area (Å²) in [7, 11) is 3.66. The molecule has 9 nitrogen and oxygen atoms in total. The number of aromatic amines is 1. The van der Waals surface area contributed by atoms with Crippen LogP contribution in [0.2, 0.25) is 0 Å². The van der Waals surface area contributed by atoms with Crippen LogP contribution in [0.1, 0.15) is 5.56 Å². The maximum atomic E-state index is 9.28. The molecule has 1 N–H and O–H groups in total. The van der Waals surface area contributed by atoms with Gasteiger partial charge in [-0.25, -0.2) is 4.98 Å². The highest BCUT2D eigenvalue weighted by Gasteiger charge is 2.15. The molecular weight excluding hydrogens is 446 g/mol. The van der Waals surface area contributed by atoms with E-state index >= 15 is 0 Å². The summed E-state index contributed by atoms with van der Waals surface area (Å²) in [4.78, 5) is 18.6. The van der Waals surface area contributed by atoms with Crippen molar-refractivity contribution in [3.05, 3.63) is 60.6 Å². The first-order valence-corrected chi connectivity index (χ1v) is 11.6. The first-order valence-electron chi connectivity index (χ1n) is 11.6. The minimum absolute atomic E-state index is 0.208. The van der Waals surface area contributed by atoms with Gasteiger partial charge in [0.05, 0.1) is 12.0 Å². The lowest BCUT2D eigenvalue weighted by atomic mass is 10.1. The molecule has 4 heterocycles. The molecule has 9 heteroatoms. The fourth-order valence-corrected chi connectivity index (χ4v) is 3.88. The average molecular weight is 478 g/mol. The summed E-state index contributed by atoms with van der Waals surface area (Å²) in [6.45, 7) is 5.83. The summed E-state index contributed by atoms with van der Waals surface area (Å²) in [6.07, 6.45) is 7.07. The van der Waals surface area contributed by atoms with E-state index in [1.807, 2.05) is 36.6 Å². The third-order valence-corrected chi connectivity index (χ3v) is 5.93. The molecule has 0 saturated carbocycles. The van der Waals surface area contributed by atoms with Gasteiger partial charge in [0, 0.05) is 75.3 Å². The van der Waals surface area contributed by atoms with Crippen molar-refractivity contribution in [3.8, 4) is 22.9 Å². The molecule has 1 fully saturated rings. The van der Waals surface area contributed by atoms with Crippen LogP contribution in [0.3, 0.4) is 0 Å². The number of hydrogen-bond donors (Lipinski definition) is 1. The van der Waals surface area contributed by atoms with Crippen molar-refractivity contribution >= 4 is 17.3 Å². The number of aldehydes is 1. The van der Waals surface area contributed by atoms with Crippen molar-refractivity contribution in [2.45, 2.75) is 6.42 Å². The van der Waals surface area contributed by atoms with Crippen LogP contribution in [0.15, 0.2) is 59.5 Å². The number of nitrogens with zero attached hydrogens (tertiary/aromatic N) is 4. The Hall–Kier alpha value is -3.53. The van der Waals surface area contributed by atoms with E-state index in [0.717, 1.165) is 61.4 Å². The lowest BCUT2D eigenvalue weighted by Crippen LogP contribution is -2.45. The fourth-order valence-electron chi connectivity index (χ4n) is 3.88. The quantitative estimate of drug-likeness (QED) is 0.384. The number of likely N-dealkylation sites (N-methyl/N-ethyl adjacent to an activating group) is 1. The number of aromatic nitrogens is 3. The summed E-state index contributed by atoms with van der Waals surface area (Å²) in [6, 6.07) is 11.7. The predicted molar refractivity (Wildman–Crippen MR) is 134 cm³/mol. The van der Waals surface area contributed by atoms with Crippen LogP contribution < -0.4 is 4.74 Å². The third-order valence-electron chi connectivity index (χ3n) is 5.93. The smallest absolute Gasteiger partial charge is 0.219 e. The first kappa shape index (κ1) is 24.6. The lowest BCUT2D eigenvalue weighted by molar-refractivity contribution is -0.110. The molecule has 1 aromatic carbocycles. The molecule has 0 radical (unpaired) electrons. The Bertz CT molecular complexity index is 1180. The molecule has 1 aliphatic heterocycles. The number of H-pyrrole nitrogens is 1. The molecule has 1 saturated heterocycles. The molecule has 5 rings (SSSR count). The van der Waals surface area contributed by atoms with E-state index in [0.29, 0.717) is 17.9 Å². The summed E-state index contributed by atoms with van der Waals surface area (Å²) in [5.74, 6) is 1.25. The minimum Gasteiger partial charge on any atom is -0.464 e. The zero-order chi connectivity index (χ0) is 24.5. The number of ether oxygens (including phenoxy) is 2. The minimum atomic E-state index is 0.208. The van der Waals surface area contributed by atoms with E-state index in [4.69, 9.17) is 9.15 Å². The molecule has 0 aliphatic carbocycles. The molecule has 1 aliphatic rings. The highest BCUT2D eigenvalue weighted by Crippen LogP contribution is 2.29. The number of furan rings is 1. The number of nitrogens with one attached hydrogen (secondary N) is 1. The van der Waals surface area contributed by atoms with E-state index in [2.05, 4.69) is 42.8 Å². The van der Waals surface area contributed by atoms with Crippen LogP contribution in [0, 0.1) is 0 Å². The largest absolute Gasteiger partial charge is 0.464 e. The van der Waals surface area contributed by atoms with E-state index < -0.39 is 0 Å². The van der Waals surface area contributed by atoms with Gasteiger partial charge in [0.25, 0.3) is 0 Å². The highest BCUT2D eigenvalue weighted by atomic mass is 16.5. The van der Waals surface area contributed by atoms with Crippen molar-refractivity contribution in [1.82, 2.24) is 25.0 Å². The second kappa shape index (κ2) is 12.3. The zero-order valence-electron chi connectivity index (χ0n) is 20.1. The van der Waals surface area contributed by atoms with Gasteiger partial charge in [-0.05, 0) is 43.3 Å². The molecule has 0 bridgehead atoms. The van der Waals surface area contributed by atoms with Crippen molar-refractivity contribution in [2.24, 2.45) is 0 Å². The van der Waals surface area contributed by atoms with Crippen molar-refractivity contribution in [3.63, 3.8) is 0 Å². The number of benzene rings is 1. The third kappa shape index (κ3) is 6.75. The summed E-state index contributed by atoms with van der Waals surface area (Å²) < 4.78 is 16.1. The lowest BCUT2D eigenvalue weighted by Gasteiger charge is -2.32. The summed E-state index contributed by atoms with van der Waals surface area (Å²) >= 11 is 0. The number of piperazine rings is 1. The Labute approximate surface area is 204 Å². The van der Waals surface area contributed by atoms with Gasteiger partial charge in [-0.3, -0.25) is 5.10 Å². The summed E-state index contributed by atoms with van der Waals surface area (Å²) in [5.41, 5.74) is 3.98. The van der Waals surface area contributed by atoms with Crippen molar-refractivity contribution in [2.75, 3.05) is 53.5 Å². The molecule has 184 valence electrons. The molecule has 0 atom stereocenters. The number of fused-ring (bicyclic) bond motifs is 1. The molecule has 0 spiro atoms. The number of hydrogen-bond acceptors (Lipinski definition) is 8. The van der Waals surface area contributed by atoms with Gasteiger partial charge < -0.3 is 28.5 Å². The van der Waals surface area contributed by atoms with Crippen LogP contribution in [-0.4, -0.2) is 84.8 Å². The van der Waals surface area contributed by atoms with Crippen LogP contribution in [0.25, 0.3) is 22.2 Å². The maximum absolute atomic E-state index is 9.28. The Morgan fingerprint density at radius 2 is 2.00 bits per heavy atom. The van der Waals surface area contributed by atoms with Gasteiger partial charge in [-0.15, -0.1) is 0 Å². The van der Waals surface area contributed by atoms with Gasteiger partial charge in [-0.1, -0.05) is 0 Å². The van der Waals surface area contributed by atoms with Crippen LogP contribution >= 0.6 is 0 Å². The number of carbonyl (C=O) groups excluding carboxylic acids is 1. The number of carbonyl (C=O) groups is 1. The number of pyridine rings is 1. The second-order valence-electron chi connectivity index (χ2n) is 8.39. The topological polar surface area (TPSA) is 96.7 Å². The van der Waals surface area contributed by atoms with Gasteiger partial charge in [0.1, 0.15) is 24.2 Å². The number of methoxy groups -OCH3 is 1. The van der Waals surface area contributed by atoms with E-state index in [1.54, 1.807) is 12.4 Å². The van der Waals surface area contributed by atoms with Crippen LogP contribution in [0.5, 0.6) is 11.6 Å². The molecule has 3 aromatic heterocycles. The standard InChI is InChI=1S/C23H25N5O2.C3H6O2/c1-27-10-12-28(13-11-27)9-7-18-16-29-22-14-19(3-4-20(18)22)30-23-5-2-17(15-24-23)21-6-8-25-26-21;1-5-3-2-4/h2-6,8,14-16H,7,9-13H2,1H3,(H,25,26);2H,3H2,1H3. The molecule has 35 heavy (non-hydrogen) atoms. The molecule has 4 aromatic rings. The Morgan fingerprint density at radius 1 is 1.14 bits per heavy atom. The maximum Gasteiger partial charge on any atom is 0.219 e. The predicted octanol–water partition coefficient (Wildman–Crippen LogP) is 3.63. The van der Waals surface area contributed by atoms with Gasteiger partial charge in [0.15, 0.2) is 0 Å². The number of rotatable bonds is 8. The molecular formula is C26H31N5O4. The Morgan fingerprint density at radius 3 is 2.66 bits per heavy atom. The van der Waals surface area contributed by atoms with Crippen LogP contribution in [-0.2, 0) is 16.0 Å². The van der Waals surface area contributed by atoms with E-state index in [1.165, 1.54) is 12.7 Å². The van der Waals surface area contributed by atoms with E-state index in [9.17, 15) is 4.79 Å². The average Bonchev–Trinajstić information content (AvgIpc) is 3.55. The normalized spacial score (nSPS) is 14.5. The highest BCUT2D eigenvalue weighted by molar-refractivity contribution is 5.82. The van der Waals surface area contributed by atoms with Crippen molar-refractivity contribution < 1.29 is 18.7 Å². The fraction of sp³-hybridized carbons (Fsp3) is 0.346. The van der Waals surface area contributed by atoms with Crippen molar-refractivity contribution in [1.29, 1.82) is 0 Å². The van der Waals surface area contributed by atoms with Crippen LogP contribution in [0.4, 0.5) is 0 Å². The van der Waals surface area contributed by atoms with E-state index in [-0.39, 0.29) is 6.61 Å². The summed E-state index contributed by atoms with van der Waals surface area (Å²) in [5, 5.41) is 8.04. The SMILES string of the molecule is CN1CCN(CCc2coc3cc(Oc4ccc(-c5ccn[nH]5)cn4)ccc23)CC1.COCC=O. The van der Waals surface area contributed by atoms with Gasteiger partial charge in [0.2, 0.25) is 5.88 Å². The Balaban J connectivity index is 0.000000527. The molecule has 0 amide bonds. The second-order valence-corrected chi connectivity index (χ2v) is 8.39. The van der Waals surface area contributed by atoms with Gasteiger partial charge in [-0.2, -0.15) is 5.10 Å².